The van der Waals surface area contributed by atoms with Crippen LogP contribution in [0.3, 0.4) is 0 Å². The van der Waals surface area contributed by atoms with Crippen LogP contribution in [0.5, 0.6) is 0 Å². The highest BCUT2D eigenvalue weighted by Crippen LogP contribution is 2.08. The van der Waals surface area contributed by atoms with E-state index in [1.54, 1.807) is 0 Å². The Balaban J connectivity index is 0.000000571. The number of aliphatic hydroxyl groups is 1. The second-order valence-corrected chi connectivity index (χ2v) is 5.78. The number of esters is 2. The fourth-order valence-electron chi connectivity index (χ4n) is 1.84. The first-order chi connectivity index (χ1) is 13.5. The topological polar surface area (TPSA) is 147 Å². The molecule has 1 aromatic carbocycles. The van der Waals surface area contributed by atoms with E-state index in [2.05, 4.69) is 13.2 Å². The lowest BCUT2D eigenvalue weighted by Crippen LogP contribution is -2.30. The first kappa shape index (κ1) is 25.5. The zero-order valence-electron chi connectivity index (χ0n) is 16.2. The predicted octanol–water partition coefficient (Wildman–Crippen LogP) is 2.06. The largest absolute Gasteiger partial charge is 0.478 e. The summed E-state index contributed by atoms with van der Waals surface area (Å²) in [5.74, 6) is -3.59. The summed E-state index contributed by atoms with van der Waals surface area (Å²) >= 11 is 0. The Morgan fingerprint density at radius 1 is 1.10 bits per heavy atom. The van der Waals surface area contributed by atoms with Crippen molar-refractivity contribution in [3.63, 3.8) is 0 Å². The maximum absolute atomic E-state index is 11.1. The summed E-state index contributed by atoms with van der Waals surface area (Å²) in [5.41, 5.74) is -0.0864. The number of hydrogen-bond donors (Lipinski definition) is 3. The van der Waals surface area contributed by atoms with Crippen LogP contribution < -0.4 is 0 Å². The van der Waals surface area contributed by atoms with Crippen molar-refractivity contribution in [2.24, 2.45) is 0 Å². The Morgan fingerprint density at radius 2 is 1.59 bits per heavy atom. The molecule has 0 spiro atoms. The molecule has 0 amide bonds. The molecule has 0 fully saturated rings. The molecule has 0 bridgehead atoms. The molecule has 0 aromatic heterocycles. The molecule has 1 rings (SSSR count). The van der Waals surface area contributed by atoms with E-state index in [0.29, 0.717) is 5.57 Å². The quantitative estimate of drug-likeness (QED) is 0.412. The zero-order chi connectivity index (χ0) is 22.6. The van der Waals surface area contributed by atoms with Gasteiger partial charge in [-0.15, -0.1) is 0 Å². The monoisotopic (exact) mass is 408 g/mol. The van der Waals surface area contributed by atoms with Crippen LogP contribution in [-0.4, -0.2) is 58.0 Å². The van der Waals surface area contributed by atoms with Crippen LogP contribution in [0.1, 0.15) is 41.0 Å². The van der Waals surface area contributed by atoms with Gasteiger partial charge in [-0.2, -0.15) is 0 Å². The van der Waals surface area contributed by atoms with Crippen LogP contribution >= 0.6 is 0 Å². The maximum Gasteiger partial charge on any atom is 0.336 e. The lowest BCUT2D eigenvalue weighted by atomic mass is 10.1. The molecule has 2 unspecified atom stereocenters. The minimum absolute atomic E-state index is 0.0473. The van der Waals surface area contributed by atoms with Crippen molar-refractivity contribution in [2.45, 2.75) is 32.5 Å². The van der Waals surface area contributed by atoms with Gasteiger partial charge in [0.05, 0.1) is 23.8 Å². The molecule has 158 valence electrons. The van der Waals surface area contributed by atoms with E-state index >= 15 is 0 Å². The molecule has 0 aliphatic rings. The van der Waals surface area contributed by atoms with Crippen LogP contribution in [0, 0.1) is 0 Å². The number of carbonyl (C=O) groups is 4. The second kappa shape index (κ2) is 12.8. The highest BCUT2D eigenvalue weighted by atomic mass is 16.6. The molecule has 9 nitrogen and oxygen atoms in total. The van der Waals surface area contributed by atoms with E-state index in [4.69, 9.17) is 19.7 Å². The van der Waals surface area contributed by atoms with Crippen molar-refractivity contribution in [3.05, 3.63) is 60.2 Å². The van der Waals surface area contributed by atoms with E-state index < -0.39 is 36.1 Å². The van der Waals surface area contributed by atoms with Crippen molar-refractivity contribution < 1.29 is 44.0 Å². The van der Waals surface area contributed by atoms with Gasteiger partial charge in [0.1, 0.15) is 6.10 Å². The summed E-state index contributed by atoms with van der Waals surface area (Å²) in [7, 11) is 0. The predicted molar refractivity (Wildman–Crippen MR) is 103 cm³/mol. The van der Waals surface area contributed by atoms with E-state index in [0.717, 1.165) is 6.08 Å². The van der Waals surface area contributed by atoms with Crippen LogP contribution in [0.15, 0.2) is 49.1 Å². The molecular formula is C20H24O9. The second-order valence-electron chi connectivity index (χ2n) is 5.78. The number of aliphatic hydroxyl groups excluding tert-OH is 1. The van der Waals surface area contributed by atoms with Crippen LogP contribution in [0.25, 0.3) is 0 Å². The summed E-state index contributed by atoms with van der Waals surface area (Å²) in [6.45, 7) is 9.75. The lowest BCUT2D eigenvalue weighted by molar-refractivity contribution is -0.151. The average Bonchev–Trinajstić information content (AvgIpc) is 2.66. The van der Waals surface area contributed by atoms with E-state index in [1.165, 1.54) is 38.1 Å². The summed E-state index contributed by atoms with van der Waals surface area (Å²) in [5, 5.41) is 26.5. The molecule has 0 saturated carbocycles. The highest BCUT2D eigenvalue weighted by molar-refractivity contribution is 6.01. The van der Waals surface area contributed by atoms with Crippen molar-refractivity contribution >= 4 is 23.9 Å². The summed E-state index contributed by atoms with van der Waals surface area (Å²) in [4.78, 5) is 42.9. The molecule has 0 radical (unpaired) electrons. The van der Waals surface area contributed by atoms with Gasteiger partial charge >= 0.3 is 23.9 Å². The fourth-order valence-corrected chi connectivity index (χ4v) is 1.84. The number of hydrogen-bond acceptors (Lipinski definition) is 7. The standard InChI is InChI=1S/C12H18O5.C8H6O4/c1-5-11(14)17-10(9(4)13)6-7-16-12(15)8(2)3;9-7(10)5-3-1-2-4-6(5)8(11)12/h5,9-10,13H,1-2,6-7H2,3-4H3;1-4H,(H,9,10)(H,11,12). The first-order valence-corrected chi connectivity index (χ1v) is 8.40. The molecule has 0 saturated heterocycles. The van der Waals surface area contributed by atoms with Crippen LogP contribution in [0.2, 0.25) is 0 Å². The molecule has 9 heteroatoms. The highest BCUT2D eigenvalue weighted by Gasteiger charge is 2.19. The maximum atomic E-state index is 11.1. The minimum atomic E-state index is -1.23. The average molecular weight is 408 g/mol. The summed E-state index contributed by atoms with van der Waals surface area (Å²) < 4.78 is 9.72. The number of rotatable bonds is 9. The van der Waals surface area contributed by atoms with E-state index in [-0.39, 0.29) is 24.2 Å². The van der Waals surface area contributed by atoms with Gasteiger partial charge < -0.3 is 24.8 Å². The van der Waals surface area contributed by atoms with Gasteiger partial charge in [-0.3, -0.25) is 0 Å². The smallest absolute Gasteiger partial charge is 0.336 e. The molecule has 0 aliphatic heterocycles. The van der Waals surface area contributed by atoms with Crippen molar-refractivity contribution in [2.75, 3.05) is 6.61 Å². The molecule has 2 atom stereocenters. The van der Waals surface area contributed by atoms with Gasteiger partial charge in [0.2, 0.25) is 0 Å². The first-order valence-electron chi connectivity index (χ1n) is 8.40. The number of ether oxygens (including phenoxy) is 2. The SMILES string of the molecule is C=CC(=O)OC(CCOC(=O)C(=C)C)C(C)O.O=C(O)c1ccccc1C(=O)O. The molecule has 0 heterocycles. The Kier molecular flexibility index (Phi) is 11.3. The number of carboxylic acid groups (broad SMARTS) is 2. The third-order valence-corrected chi connectivity index (χ3v) is 3.34. The minimum Gasteiger partial charge on any atom is -0.478 e. The molecule has 1 aromatic rings. The Morgan fingerprint density at radius 3 is 1.93 bits per heavy atom. The van der Waals surface area contributed by atoms with Crippen LogP contribution in [0.4, 0.5) is 0 Å². The Hall–Kier alpha value is -3.46. The number of aromatic carboxylic acids is 2. The van der Waals surface area contributed by atoms with Gasteiger partial charge in [0.15, 0.2) is 0 Å². The van der Waals surface area contributed by atoms with E-state index in [1.807, 2.05) is 0 Å². The van der Waals surface area contributed by atoms with Gasteiger partial charge in [-0.05, 0) is 26.0 Å². The number of carboxylic acids is 2. The Labute approximate surface area is 167 Å². The molecular weight excluding hydrogens is 384 g/mol. The normalized spacial score (nSPS) is 11.7. The zero-order valence-corrected chi connectivity index (χ0v) is 16.2. The van der Waals surface area contributed by atoms with Crippen LogP contribution in [-0.2, 0) is 19.1 Å². The van der Waals surface area contributed by atoms with Crippen molar-refractivity contribution in [1.82, 2.24) is 0 Å². The Bertz CT molecular complexity index is 732. The fraction of sp³-hybridized carbons (Fsp3) is 0.300. The summed E-state index contributed by atoms with van der Waals surface area (Å²) in [6, 6.07) is 5.48. The third kappa shape index (κ3) is 9.87. The molecule has 0 aliphatic carbocycles. The molecule has 29 heavy (non-hydrogen) atoms. The lowest BCUT2D eigenvalue weighted by Gasteiger charge is -2.19. The number of benzene rings is 1. The number of carbonyl (C=O) groups excluding carboxylic acids is 2. The van der Waals surface area contributed by atoms with Gasteiger partial charge in [0, 0.05) is 18.1 Å². The van der Waals surface area contributed by atoms with Crippen molar-refractivity contribution in [1.29, 1.82) is 0 Å². The third-order valence-electron chi connectivity index (χ3n) is 3.34. The molecule has 3 N–H and O–H groups in total. The van der Waals surface area contributed by atoms with Crippen molar-refractivity contribution in [3.8, 4) is 0 Å². The van der Waals surface area contributed by atoms with Gasteiger partial charge in [0.25, 0.3) is 0 Å². The van der Waals surface area contributed by atoms with E-state index in [9.17, 15) is 24.3 Å². The van der Waals surface area contributed by atoms with Gasteiger partial charge in [-0.1, -0.05) is 25.3 Å². The summed E-state index contributed by atoms with van der Waals surface area (Å²) in [6.07, 6.45) is -0.341. The van der Waals surface area contributed by atoms with Gasteiger partial charge in [-0.25, -0.2) is 19.2 Å².